The summed E-state index contributed by atoms with van der Waals surface area (Å²) in [6, 6.07) is 0.610. The summed E-state index contributed by atoms with van der Waals surface area (Å²) in [4.78, 5) is 14.0. The molecule has 0 aromatic carbocycles. The third kappa shape index (κ3) is 5.02. The largest absolute Gasteiger partial charge is 0.385 e. The third-order valence-corrected chi connectivity index (χ3v) is 3.36. The zero-order valence-electron chi connectivity index (χ0n) is 11.1. The second-order valence-electron chi connectivity index (χ2n) is 4.88. The number of nitrogens with zero attached hydrogens (tertiary/aromatic N) is 1. The fourth-order valence-electron chi connectivity index (χ4n) is 1.74. The minimum atomic E-state index is -0.464. The van der Waals surface area contributed by atoms with Crippen molar-refractivity contribution in [3.8, 4) is 0 Å². The van der Waals surface area contributed by atoms with E-state index in [4.69, 9.17) is 10.5 Å². The molecule has 5 nitrogen and oxygen atoms in total. The van der Waals surface area contributed by atoms with Crippen molar-refractivity contribution >= 4 is 5.91 Å². The lowest BCUT2D eigenvalue weighted by Crippen LogP contribution is -2.47. The van der Waals surface area contributed by atoms with Crippen LogP contribution in [0.2, 0.25) is 0 Å². The Labute approximate surface area is 104 Å². The minimum absolute atomic E-state index is 0.0851. The maximum Gasteiger partial charge on any atom is 0.237 e. The van der Waals surface area contributed by atoms with Crippen LogP contribution in [0, 0.1) is 0 Å². The molecule has 1 aliphatic carbocycles. The van der Waals surface area contributed by atoms with E-state index in [1.807, 2.05) is 0 Å². The minimum Gasteiger partial charge on any atom is -0.385 e. The number of nitrogens with two attached hydrogens (primary N) is 1. The first kappa shape index (κ1) is 14.4. The molecule has 0 spiro atoms. The van der Waals surface area contributed by atoms with Crippen molar-refractivity contribution in [2.45, 2.75) is 44.3 Å². The van der Waals surface area contributed by atoms with Gasteiger partial charge in [0, 0.05) is 32.3 Å². The van der Waals surface area contributed by atoms with Crippen LogP contribution < -0.4 is 11.1 Å². The first-order valence-corrected chi connectivity index (χ1v) is 6.30. The highest BCUT2D eigenvalue weighted by atomic mass is 16.5. The van der Waals surface area contributed by atoms with Gasteiger partial charge < -0.3 is 15.8 Å². The molecule has 17 heavy (non-hydrogen) atoms. The summed E-state index contributed by atoms with van der Waals surface area (Å²) in [5.41, 5.74) is 5.73. The monoisotopic (exact) mass is 243 g/mol. The number of likely N-dealkylation sites (N-methyl/N-ethyl adjacent to an activating group) is 1. The standard InChI is InChI=1S/C12H25N3O2/c1-9(15(2)10-4-5-10)8-14-12(16)11(13)6-7-17-3/h9-11H,4-8,13H2,1-3H3,(H,14,16). The van der Waals surface area contributed by atoms with Gasteiger partial charge in [-0.25, -0.2) is 0 Å². The van der Waals surface area contributed by atoms with Crippen LogP contribution in [0.4, 0.5) is 0 Å². The molecule has 0 aromatic heterocycles. The average Bonchev–Trinajstić information content (AvgIpc) is 3.15. The zero-order valence-corrected chi connectivity index (χ0v) is 11.1. The van der Waals surface area contributed by atoms with Gasteiger partial charge in [0.2, 0.25) is 5.91 Å². The predicted molar refractivity (Wildman–Crippen MR) is 67.7 cm³/mol. The maximum atomic E-state index is 11.7. The molecule has 1 rings (SSSR count). The molecule has 1 saturated carbocycles. The fourth-order valence-corrected chi connectivity index (χ4v) is 1.74. The van der Waals surface area contributed by atoms with Crippen molar-refractivity contribution < 1.29 is 9.53 Å². The molecule has 1 amide bonds. The lowest BCUT2D eigenvalue weighted by Gasteiger charge is -2.25. The van der Waals surface area contributed by atoms with Crippen molar-refractivity contribution in [1.82, 2.24) is 10.2 Å². The topological polar surface area (TPSA) is 67.6 Å². The zero-order chi connectivity index (χ0) is 12.8. The van der Waals surface area contributed by atoms with E-state index >= 15 is 0 Å². The third-order valence-electron chi connectivity index (χ3n) is 3.36. The van der Waals surface area contributed by atoms with Gasteiger partial charge >= 0.3 is 0 Å². The van der Waals surface area contributed by atoms with Gasteiger partial charge in [0.05, 0.1) is 6.04 Å². The lowest BCUT2D eigenvalue weighted by atomic mass is 10.2. The SMILES string of the molecule is COCCC(N)C(=O)NCC(C)N(C)C1CC1. The number of rotatable bonds is 8. The Morgan fingerprint density at radius 1 is 1.59 bits per heavy atom. The molecular formula is C12H25N3O2. The Morgan fingerprint density at radius 2 is 2.24 bits per heavy atom. The molecule has 1 fully saturated rings. The summed E-state index contributed by atoms with van der Waals surface area (Å²) < 4.78 is 4.90. The molecule has 0 aliphatic heterocycles. The summed E-state index contributed by atoms with van der Waals surface area (Å²) in [6.07, 6.45) is 3.12. The molecular weight excluding hydrogens is 218 g/mol. The second kappa shape index (κ2) is 6.93. The van der Waals surface area contributed by atoms with Crippen LogP contribution in [0.15, 0.2) is 0 Å². The van der Waals surface area contributed by atoms with Crippen LogP contribution in [-0.2, 0) is 9.53 Å². The first-order valence-electron chi connectivity index (χ1n) is 6.30. The van der Waals surface area contributed by atoms with Crippen LogP contribution in [0.3, 0.4) is 0 Å². The lowest BCUT2D eigenvalue weighted by molar-refractivity contribution is -0.122. The first-order chi connectivity index (χ1) is 8.06. The Kier molecular flexibility index (Phi) is 5.88. The van der Waals surface area contributed by atoms with Gasteiger partial charge in [-0.2, -0.15) is 0 Å². The Morgan fingerprint density at radius 3 is 2.76 bits per heavy atom. The summed E-state index contributed by atoms with van der Waals surface area (Å²) in [5.74, 6) is -0.0851. The Balaban J connectivity index is 2.17. The summed E-state index contributed by atoms with van der Waals surface area (Å²) in [5, 5.41) is 2.89. The van der Waals surface area contributed by atoms with Gasteiger partial charge in [-0.05, 0) is 33.2 Å². The van der Waals surface area contributed by atoms with E-state index in [2.05, 4.69) is 24.2 Å². The molecule has 5 heteroatoms. The molecule has 1 aliphatic rings. The van der Waals surface area contributed by atoms with Crippen molar-refractivity contribution in [3.05, 3.63) is 0 Å². The number of nitrogens with one attached hydrogen (secondary N) is 1. The van der Waals surface area contributed by atoms with E-state index < -0.39 is 6.04 Å². The summed E-state index contributed by atoms with van der Waals surface area (Å²) >= 11 is 0. The summed E-state index contributed by atoms with van der Waals surface area (Å²) in [7, 11) is 3.72. The van der Waals surface area contributed by atoms with Gasteiger partial charge in [0.1, 0.15) is 0 Å². The van der Waals surface area contributed by atoms with Crippen LogP contribution in [0.1, 0.15) is 26.2 Å². The van der Waals surface area contributed by atoms with Gasteiger partial charge in [-0.15, -0.1) is 0 Å². The number of carbonyl (C=O) groups is 1. The number of methoxy groups -OCH3 is 1. The smallest absolute Gasteiger partial charge is 0.237 e. The van der Waals surface area contributed by atoms with Gasteiger partial charge in [-0.3, -0.25) is 9.69 Å². The molecule has 0 heterocycles. The number of carbonyl (C=O) groups excluding carboxylic acids is 1. The molecule has 3 N–H and O–H groups in total. The normalized spacial score (nSPS) is 19.1. The van der Waals surface area contributed by atoms with E-state index in [9.17, 15) is 4.79 Å². The van der Waals surface area contributed by atoms with Crippen LogP contribution in [0.5, 0.6) is 0 Å². The molecule has 0 saturated heterocycles. The van der Waals surface area contributed by atoms with Crippen molar-refractivity contribution in [1.29, 1.82) is 0 Å². The maximum absolute atomic E-state index is 11.7. The number of amides is 1. The van der Waals surface area contributed by atoms with Gasteiger partial charge in [0.25, 0.3) is 0 Å². The highest BCUT2D eigenvalue weighted by molar-refractivity contribution is 5.81. The second-order valence-corrected chi connectivity index (χ2v) is 4.88. The summed E-state index contributed by atoms with van der Waals surface area (Å²) in [6.45, 7) is 3.30. The molecule has 0 bridgehead atoms. The van der Waals surface area contributed by atoms with Crippen molar-refractivity contribution in [3.63, 3.8) is 0 Å². The van der Waals surface area contributed by atoms with E-state index in [1.54, 1.807) is 7.11 Å². The van der Waals surface area contributed by atoms with Crippen molar-refractivity contribution in [2.24, 2.45) is 5.73 Å². The van der Waals surface area contributed by atoms with Crippen LogP contribution in [-0.4, -0.2) is 56.2 Å². The molecule has 2 unspecified atom stereocenters. The quantitative estimate of drug-likeness (QED) is 0.627. The number of ether oxygens (including phenoxy) is 1. The molecule has 0 aromatic rings. The van der Waals surface area contributed by atoms with E-state index in [0.717, 1.165) is 0 Å². The number of hydrogen-bond donors (Lipinski definition) is 2. The number of hydrogen-bond acceptors (Lipinski definition) is 4. The van der Waals surface area contributed by atoms with E-state index in [0.29, 0.717) is 31.7 Å². The van der Waals surface area contributed by atoms with Crippen molar-refractivity contribution in [2.75, 3.05) is 27.3 Å². The average molecular weight is 243 g/mol. The predicted octanol–water partition coefficient (Wildman–Crippen LogP) is -0.0509. The molecule has 2 atom stereocenters. The highest BCUT2D eigenvalue weighted by Gasteiger charge is 2.29. The Hall–Kier alpha value is -0.650. The molecule has 100 valence electrons. The van der Waals surface area contributed by atoms with Gasteiger partial charge in [0.15, 0.2) is 0 Å². The molecule has 0 radical (unpaired) electrons. The van der Waals surface area contributed by atoms with E-state index in [-0.39, 0.29) is 5.91 Å². The van der Waals surface area contributed by atoms with Gasteiger partial charge in [-0.1, -0.05) is 0 Å². The highest BCUT2D eigenvalue weighted by Crippen LogP contribution is 2.26. The van der Waals surface area contributed by atoms with E-state index in [1.165, 1.54) is 12.8 Å². The van der Waals surface area contributed by atoms with Crippen LogP contribution >= 0.6 is 0 Å². The van der Waals surface area contributed by atoms with Crippen LogP contribution in [0.25, 0.3) is 0 Å². The Bertz CT molecular complexity index is 244. The fraction of sp³-hybridized carbons (Fsp3) is 0.917.